The lowest BCUT2D eigenvalue weighted by molar-refractivity contribution is -0.152. The van der Waals surface area contributed by atoms with Gasteiger partial charge in [0.05, 0.1) is 21.7 Å². The number of esters is 1. The third-order valence-electron chi connectivity index (χ3n) is 7.38. The first kappa shape index (κ1) is 45.0. The van der Waals surface area contributed by atoms with Crippen molar-refractivity contribution in [1.82, 2.24) is 19.7 Å². The van der Waals surface area contributed by atoms with Crippen LogP contribution in [0.2, 0.25) is 10.0 Å². The molecule has 55 heavy (non-hydrogen) atoms. The van der Waals surface area contributed by atoms with E-state index in [1.165, 1.54) is 28.0 Å². The van der Waals surface area contributed by atoms with E-state index in [0.29, 0.717) is 23.1 Å². The van der Waals surface area contributed by atoms with E-state index in [-0.39, 0.29) is 45.1 Å². The third-order valence-corrected chi connectivity index (χ3v) is 9.57. The topological polar surface area (TPSA) is 153 Å². The Morgan fingerprint density at radius 1 is 0.818 bits per heavy atom. The summed E-state index contributed by atoms with van der Waals surface area (Å²) >= 11 is 12.2. The van der Waals surface area contributed by atoms with Gasteiger partial charge in [0, 0.05) is 48.9 Å². The molecular formula is C38H50Cl2N6O8S. The number of nitrogens with zero attached hydrogens (tertiary/aromatic N) is 6. The molecule has 14 nitrogen and oxygen atoms in total. The zero-order valence-corrected chi connectivity index (χ0v) is 35.4. The van der Waals surface area contributed by atoms with Gasteiger partial charge in [-0.1, -0.05) is 23.2 Å². The molecule has 0 aliphatic heterocycles. The molecule has 0 aliphatic rings. The van der Waals surface area contributed by atoms with E-state index in [2.05, 4.69) is 10.2 Å². The molecule has 0 fully saturated rings. The Balaban J connectivity index is 0.00000125. The van der Waals surface area contributed by atoms with Crippen LogP contribution in [0.4, 0.5) is 16.3 Å². The second-order valence-electron chi connectivity index (χ2n) is 15.4. The van der Waals surface area contributed by atoms with Crippen molar-refractivity contribution in [1.29, 1.82) is 0 Å². The quantitative estimate of drug-likeness (QED) is 0.110. The van der Waals surface area contributed by atoms with E-state index in [4.69, 9.17) is 37.4 Å². The first-order valence-electron chi connectivity index (χ1n) is 17.2. The van der Waals surface area contributed by atoms with Gasteiger partial charge < -0.3 is 19.1 Å². The lowest BCUT2D eigenvalue weighted by Crippen LogP contribution is -2.39. The lowest BCUT2D eigenvalue weighted by Gasteiger charge is -2.26. The minimum Gasteiger partial charge on any atom is -0.459 e. The molecule has 2 aromatic carbocycles. The number of likely N-dealkylation sites (N-methyl/N-ethyl adjacent to an activating group) is 1. The van der Waals surface area contributed by atoms with Gasteiger partial charge in [0.15, 0.2) is 11.6 Å². The van der Waals surface area contributed by atoms with Crippen LogP contribution in [0.25, 0.3) is 16.7 Å². The Morgan fingerprint density at radius 2 is 1.42 bits per heavy atom. The molecule has 2 amide bonds. The van der Waals surface area contributed by atoms with E-state index in [9.17, 15) is 22.8 Å². The van der Waals surface area contributed by atoms with Crippen molar-refractivity contribution >= 4 is 74.1 Å². The SMILES string of the molecule is CN(CCN(C=O)c1ccc(-n2ccc3cc(N(CC(=O)OC(C)(C)C)S(=O)(=O)c4cc(Cl)cc(Cl)c4)ccc32)nn1)C(=O)OC(C)(C)C.COC(C)(C)C. The molecule has 4 aromatic rings. The molecular weight excluding hydrogens is 771 g/mol. The maximum atomic E-state index is 13.9. The molecule has 0 radical (unpaired) electrons. The van der Waals surface area contributed by atoms with Crippen LogP contribution in [0, 0.1) is 0 Å². The van der Waals surface area contributed by atoms with Gasteiger partial charge in [-0.15, -0.1) is 10.2 Å². The summed E-state index contributed by atoms with van der Waals surface area (Å²) < 4.78 is 46.2. The van der Waals surface area contributed by atoms with E-state index in [1.807, 2.05) is 20.8 Å². The van der Waals surface area contributed by atoms with Crippen LogP contribution in [0.15, 0.2) is 65.7 Å². The number of aromatic nitrogens is 3. The van der Waals surface area contributed by atoms with E-state index in [0.717, 1.165) is 4.31 Å². The number of methoxy groups -OCH3 is 1. The zero-order valence-electron chi connectivity index (χ0n) is 33.1. The number of carbonyl (C=O) groups excluding carboxylic acids is 3. The van der Waals surface area contributed by atoms with Crippen LogP contribution in [0.5, 0.6) is 0 Å². The molecule has 0 unspecified atom stereocenters. The Labute approximate surface area is 333 Å². The van der Waals surface area contributed by atoms with Crippen LogP contribution in [-0.4, -0.2) is 97.1 Å². The van der Waals surface area contributed by atoms with Crippen molar-refractivity contribution in [3.8, 4) is 5.82 Å². The Morgan fingerprint density at radius 3 is 1.93 bits per heavy atom. The predicted molar refractivity (Wildman–Crippen MR) is 215 cm³/mol. The molecule has 17 heteroatoms. The first-order chi connectivity index (χ1) is 25.3. The fourth-order valence-electron chi connectivity index (χ4n) is 4.61. The van der Waals surface area contributed by atoms with Gasteiger partial charge in [-0.05, 0) is 117 Å². The fraction of sp³-hybridized carbons (Fsp3) is 0.447. The maximum absolute atomic E-state index is 13.9. The van der Waals surface area contributed by atoms with Crippen LogP contribution >= 0.6 is 23.2 Å². The Kier molecular flexibility index (Phi) is 14.7. The number of benzene rings is 2. The highest BCUT2D eigenvalue weighted by molar-refractivity contribution is 7.92. The van der Waals surface area contributed by atoms with Gasteiger partial charge in [0.2, 0.25) is 6.41 Å². The largest absolute Gasteiger partial charge is 0.459 e. The number of amides is 2. The first-order valence-corrected chi connectivity index (χ1v) is 19.4. The summed E-state index contributed by atoms with van der Waals surface area (Å²) in [5, 5.41) is 9.37. The van der Waals surface area contributed by atoms with Gasteiger partial charge in [0.25, 0.3) is 10.0 Å². The second kappa shape index (κ2) is 18.0. The third kappa shape index (κ3) is 13.4. The summed E-state index contributed by atoms with van der Waals surface area (Å²) in [6.45, 7) is 16.2. The number of anilines is 2. The normalized spacial score (nSPS) is 12.0. The number of rotatable bonds is 11. The van der Waals surface area contributed by atoms with E-state index < -0.39 is 39.8 Å². The predicted octanol–water partition coefficient (Wildman–Crippen LogP) is 7.53. The van der Waals surface area contributed by atoms with Crippen molar-refractivity contribution in [2.45, 2.75) is 84.0 Å². The number of sulfonamides is 1. The van der Waals surface area contributed by atoms with Gasteiger partial charge >= 0.3 is 12.1 Å². The summed E-state index contributed by atoms with van der Waals surface area (Å²) in [6.07, 6.45) is 1.82. The summed E-state index contributed by atoms with van der Waals surface area (Å²) in [5.41, 5.74) is -0.587. The number of hydrogen-bond acceptors (Lipinski definition) is 10. The fourth-order valence-corrected chi connectivity index (χ4v) is 6.73. The highest BCUT2D eigenvalue weighted by atomic mass is 35.5. The number of ether oxygens (including phenoxy) is 3. The molecule has 300 valence electrons. The van der Waals surface area contributed by atoms with Gasteiger partial charge in [0.1, 0.15) is 17.7 Å². The van der Waals surface area contributed by atoms with E-state index >= 15 is 0 Å². The monoisotopic (exact) mass is 820 g/mol. The molecule has 0 bridgehead atoms. The molecule has 0 saturated carbocycles. The second-order valence-corrected chi connectivity index (χ2v) is 18.1. The average molecular weight is 822 g/mol. The minimum atomic E-state index is -4.33. The van der Waals surface area contributed by atoms with Crippen LogP contribution in [0.1, 0.15) is 62.3 Å². The van der Waals surface area contributed by atoms with Crippen LogP contribution in [-0.2, 0) is 33.8 Å². The summed E-state index contributed by atoms with van der Waals surface area (Å²) in [7, 11) is -1.04. The van der Waals surface area contributed by atoms with E-state index in [1.54, 1.807) is 103 Å². The molecule has 2 heterocycles. The number of hydrogen-bond donors (Lipinski definition) is 0. The summed E-state index contributed by atoms with van der Waals surface area (Å²) in [5.74, 6) is -0.0488. The van der Waals surface area contributed by atoms with Crippen LogP contribution in [0.3, 0.4) is 0 Å². The van der Waals surface area contributed by atoms with Crippen molar-refractivity contribution < 1.29 is 37.0 Å². The Bertz CT molecular complexity index is 2050. The van der Waals surface area contributed by atoms with Gasteiger partial charge in [-0.2, -0.15) is 0 Å². The molecule has 0 N–H and O–H groups in total. The highest BCUT2D eigenvalue weighted by Gasteiger charge is 2.30. The minimum absolute atomic E-state index is 0.0417. The highest BCUT2D eigenvalue weighted by Crippen LogP contribution is 2.31. The molecule has 0 atom stereocenters. The summed E-state index contributed by atoms with van der Waals surface area (Å²) in [6, 6.07) is 13.8. The number of carbonyl (C=O) groups is 3. The number of fused-ring (bicyclic) bond motifs is 1. The van der Waals surface area contributed by atoms with Crippen molar-refractivity contribution in [3.05, 3.63) is 70.8 Å². The molecule has 4 rings (SSSR count). The Hall–Kier alpha value is -4.44. The van der Waals surface area contributed by atoms with Gasteiger partial charge in [-0.3, -0.25) is 23.4 Å². The summed E-state index contributed by atoms with van der Waals surface area (Å²) in [4.78, 5) is 39.5. The smallest absolute Gasteiger partial charge is 0.410 e. The zero-order chi connectivity index (χ0) is 41.5. The van der Waals surface area contributed by atoms with Gasteiger partial charge in [-0.25, -0.2) is 13.2 Å². The van der Waals surface area contributed by atoms with Crippen molar-refractivity contribution in [3.63, 3.8) is 0 Å². The van der Waals surface area contributed by atoms with Crippen molar-refractivity contribution in [2.75, 3.05) is 43.0 Å². The lowest BCUT2D eigenvalue weighted by atomic mass is 10.2. The average Bonchev–Trinajstić information content (AvgIpc) is 3.49. The molecule has 0 aliphatic carbocycles. The van der Waals surface area contributed by atoms with Crippen LogP contribution < -0.4 is 9.21 Å². The standard InChI is InChI=1S/C33H38Cl2N6O7S.C5H12O/c1-32(2,3)47-30(43)20-41(49(45,46)26-18-23(34)17-24(35)19-26)25-8-9-27-22(16-25)12-13-40(27)29-11-10-28(36-37-29)39(21-42)15-14-38(7)31(44)48-33(4,5)6;1-5(2,3)6-4/h8-13,16-19,21H,14-15,20H2,1-7H3;1-4H3. The maximum Gasteiger partial charge on any atom is 0.410 e. The molecule has 2 aromatic heterocycles. The number of halogens is 2. The molecule has 0 saturated heterocycles. The van der Waals surface area contributed by atoms with Crippen molar-refractivity contribution in [2.24, 2.45) is 0 Å². The molecule has 0 spiro atoms.